The molecule has 2 amide bonds. The number of nitrogens with zero attached hydrogens (tertiary/aromatic N) is 3. The molecule has 2 aliphatic rings. The smallest absolute Gasteiger partial charge is 0.246 e. The molecule has 1 saturated heterocycles. The number of amides is 2. The van der Waals surface area contributed by atoms with Crippen molar-refractivity contribution >= 4 is 34.1 Å². The summed E-state index contributed by atoms with van der Waals surface area (Å²) in [6.07, 6.45) is 7.06. The third-order valence-corrected chi connectivity index (χ3v) is 9.42. The monoisotopic (exact) mass is 563 g/mol. The van der Waals surface area contributed by atoms with Crippen molar-refractivity contribution in [2.24, 2.45) is 5.92 Å². The Labute approximate surface area is 240 Å². The summed E-state index contributed by atoms with van der Waals surface area (Å²) in [5.74, 6) is 0.0400. The second-order valence-electron chi connectivity index (χ2n) is 11.8. The first kappa shape index (κ1) is 28.6. The fourth-order valence-electron chi connectivity index (χ4n) is 5.99. The van der Waals surface area contributed by atoms with Crippen LogP contribution in [0.1, 0.15) is 82.5 Å². The van der Waals surface area contributed by atoms with Crippen LogP contribution in [0.5, 0.6) is 0 Å². The lowest BCUT2D eigenvalue weighted by molar-refractivity contribution is -0.139. The number of rotatable bonds is 8. The van der Waals surface area contributed by atoms with Gasteiger partial charge in [-0.3, -0.25) is 9.59 Å². The number of hydrogen-bond donors (Lipinski definition) is 3. The van der Waals surface area contributed by atoms with Gasteiger partial charge in [0.05, 0.1) is 29.0 Å². The minimum atomic E-state index is -1.09. The minimum Gasteiger partial charge on any atom is -0.384 e. The minimum absolute atomic E-state index is 0.0153. The van der Waals surface area contributed by atoms with E-state index in [1.807, 2.05) is 47.5 Å². The van der Waals surface area contributed by atoms with Crippen molar-refractivity contribution in [3.05, 3.63) is 46.4 Å². The number of hydrogen-bond acceptors (Lipinski definition) is 7. The molecule has 1 aromatic carbocycles. The van der Waals surface area contributed by atoms with Gasteiger partial charge in [-0.05, 0) is 71.6 Å². The number of carbonyl (C=O) groups excluding carboxylic acids is 2. The molecule has 0 radical (unpaired) electrons. The zero-order valence-electron chi connectivity index (χ0n) is 23.9. The summed E-state index contributed by atoms with van der Waals surface area (Å²) in [6.45, 7) is 5.96. The second kappa shape index (κ2) is 11.9. The number of likely N-dealkylation sites (tertiary alicyclic amines) is 1. The summed E-state index contributed by atoms with van der Waals surface area (Å²) in [7, 11) is 1.76. The number of fused-ring (bicyclic) bond motifs is 1. The Balaban J connectivity index is 1.44. The summed E-state index contributed by atoms with van der Waals surface area (Å²) in [4.78, 5) is 38.7. The third kappa shape index (κ3) is 5.92. The molecular weight excluding hydrogens is 522 g/mol. The van der Waals surface area contributed by atoms with Crippen molar-refractivity contribution in [2.45, 2.75) is 89.4 Å². The molecule has 2 aromatic heterocycles. The van der Waals surface area contributed by atoms with Crippen LogP contribution in [0, 0.1) is 5.92 Å². The van der Waals surface area contributed by atoms with Gasteiger partial charge in [0.1, 0.15) is 16.7 Å². The van der Waals surface area contributed by atoms with Gasteiger partial charge in [0.15, 0.2) is 0 Å². The van der Waals surface area contributed by atoms with E-state index in [0.29, 0.717) is 12.2 Å². The Morgan fingerprint density at radius 2 is 1.85 bits per heavy atom. The predicted molar refractivity (Wildman–Crippen MR) is 159 cm³/mol. The molecule has 0 unspecified atom stereocenters. The molecule has 1 aliphatic carbocycles. The zero-order valence-corrected chi connectivity index (χ0v) is 24.8. The van der Waals surface area contributed by atoms with Crippen LogP contribution < -0.4 is 10.6 Å². The Hall–Kier alpha value is -2.88. The fourth-order valence-corrected chi connectivity index (χ4v) is 6.95. The Morgan fingerprint density at radius 1 is 1.10 bits per heavy atom. The predicted octanol–water partition coefficient (Wildman–Crippen LogP) is 4.92. The lowest BCUT2D eigenvalue weighted by Crippen LogP contribution is -2.55. The van der Waals surface area contributed by atoms with Gasteiger partial charge in [0.25, 0.3) is 0 Å². The molecule has 3 heterocycles. The van der Waals surface area contributed by atoms with E-state index >= 15 is 0 Å². The number of benzene rings is 1. The molecule has 5 rings (SSSR count). The summed E-state index contributed by atoms with van der Waals surface area (Å²) < 4.78 is 0. The van der Waals surface area contributed by atoms with Crippen molar-refractivity contribution in [1.82, 2.24) is 25.5 Å². The standard InChI is InChI=1S/C31H41N5O3S/c1-19(32-4)28(37)35-27(20-11-6-5-7-12-20)30(38)36-16-10-15-25(36)29-34-24(18-40-29)22-17-26(31(2,3)39)33-23-14-9-8-13-21(22)23/h8-9,13-14,17-20,25,27,32,39H,5-7,10-12,15-16H2,1-4H3,(H,35,37)/t19-,25-,27-/m0/s1. The molecule has 1 aliphatic heterocycles. The van der Waals surface area contributed by atoms with E-state index in [0.717, 1.165) is 65.7 Å². The maximum absolute atomic E-state index is 14.1. The van der Waals surface area contributed by atoms with Crippen LogP contribution in [-0.4, -0.2) is 57.5 Å². The van der Waals surface area contributed by atoms with Crippen LogP contribution in [0.2, 0.25) is 0 Å². The number of para-hydroxylation sites is 1. The molecule has 0 spiro atoms. The van der Waals surface area contributed by atoms with Crippen LogP contribution >= 0.6 is 11.3 Å². The van der Waals surface area contributed by atoms with E-state index < -0.39 is 11.6 Å². The normalized spacial score (nSPS) is 20.0. The quantitative estimate of drug-likeness (QED) is 0.359. The Kier molecular flexibility index (Phi) is 8.54. The molecule has 3 aromatic rings. The van der Waals surface area contributed by atoms with E-state index in [4.69, 9.17) is 9.97 Å². The van der Waals surface area contributed by atoms with Gasteiger partial charge >= 0.3 is 0 Å². The van der Waals surface area contributed by atoms with Crippen molar-refractivity contribution in [3.63, 3.8) is 0 Å². The van der Waals surface area contributed by atoms with Gasteiger partial charge in [-0.25, -0.2) is 9.97 Å². The zero-order chi connectivity index (χ0) is 28.4. The first-order valence-corrected chi connectivity index (χ1v) is 15.4. The molecule has 2 fully saturated rings. The molecular formula is C31H41N5O3S. The van der Waals surface area contributed by atoms with Crippen LogP contribution in [0.3, 0.4) is 0 Å². The van der Waals surface area contributed by atoms with Gasteiger partial charge < -0.3 is 20.6 Å². The first-order valence-electron chi connectivity index (χ1n) is 14.5. The van der Waals surface area contributed by atoms with Gasteiger partial charge in [0, 0.05) is 22.9 Å². The lowest BCUT2D eigenvalue weighted by Gasteiger charge is -2.35. The van der Waals surface area contributed by atoms with Gasteiger partial charge in [0.2, 0.25) is 11.8 Å². The Bertz CT molecular complexity index is 1360. The molecule has 3 atom stereocenters. The van der Waals surface area contributed by atoms with E-state index in [-0.39, 0.29) is 29.8 Å². The van der Waals surface area contributed by atoms with E-state index in [1.165, 1.54) is 6.42 Å². The largest absolute Gasteiger partial charge is 0.384 e. The van der Waals surface area contributed by atoms with Crippen LogP contribution in [-0.2, 0) is 15.2 Å². The number of pyridine rings is 1. The maximum Gasteiger partial charge on any atom is 0.246 e. The third-order valence-electron chi connectivity index (χ3n) is 8.47. The van der Waals surface area contributed by atoms with Crippen molar-refractivity contribution in [1.29, 1.82) is 0 Å². The molecule has 1 saturated carbocycles. The van der Waals surface area contributed by atoms with Crippen LogP contribution in [0.25, 0.3) is 22.2 Å². The lowest BCUT2D eigenvalue weighted by atomic mass is 9.83. The Morgan fingerprint density at radius 3 is 2.58 bits per heavy atom. The van der Waals surface area contributed by atoms with Crippen molar-refractivity contribution in [2.75, 3.05) is 13.6 Å². The van der Waals surface area contributed by atoms with E-state index in [2.05, 4.69) is 10.6 Å². The summed E-state index contributed by atoms with van der Waals surface area (Å²) >= 11 is 1.57. The average Bonchev–Trinajstić information content (AvgIpc) is 3.64. The summed E-state index contributed by atoms with van der Waals surface area (Å²) in [5.41, 5.74) is 2.06. The van der Waals surface area contributed by atoms with Crippen LogP contribution in [0.15, 0.2) is 35.7 Å². The maximum atomic E-state index is 14.1. The highest BCUT2D eigenvalue weighted by Crippen LogP contribution is 2.39. The topological polar surface area (TPSA) is 107 Å². The highest BCUT2D eigenvalue weighted by Gasteiger charge is 2.40. The average molecular weight is 564 g/mol. The SMILES string of the molecule is CN[C@@H](C)C(=O)N[C@H](C(=O)N1CCC[C@H]1c1nc(-c2cc(C(C)(C)O)nc3ccccc23)cs1)C1CCCCC1. The molecule has 3 N–H and O–H groups in total. The molecule has 214 valence electrons. The molecule has 9 heteroatoms. The molecule has 40 heavy (non-hydrogen) atoms. The molecule has 8 nitrogen and oxygen atoms in total. The van der Waals surface area contributed by atoms with Gasteiger partial charge in [-0.1, -0.05) is 37.5 Å². The first-order chi connectivity index (χ1) is 19.2. The highest BCUT2D eigenvalue weighted by molar-refractivity contribution is 7.10. The summed E-state index contributed by atoms with van der Waals surface area (Å²) in [5, 5.41) is 20.7. The summed E-state index contributed by atoms with van der Waals surface area (Å²) in [6, 6.07) is 8.85. The van der Waals surface area contributed by atoms with Crippen molar-refractivity contribution < 1.29 is 14.7 Å². The number of nitrogens with one attached hydrogen (secondary N) is 2. The molecule has 0 bridgehead atoms. The number of thiazole rings is 1. The number of aromatic nitrogens is 2. The number of carbonyl (C=O) groups is 2. The number of aliphatic hydroxyl groups is 1. The van der Waals surface area contributed by atoms with Gasteiger partial charge in [-0.2, -0.15) is 0 Å². The van der Waals surface area contributed by atoms with Crippen molar-refractivity contribution in [3.8, 4) is 11.3 Å². The van der Waals surface area contributed by atoms with E-state index in [9.17, 15) is 14.7 Å². The highest BCUT2D eigenvalue weighted by atomic mass is 32.1. The second-order valence-corrected chi connectivity index (χ2v) is 12.7. The fraction of sp³-hybridized carbons (Fsp3) is 0.548. The van der Waals surface area contributed by atoms with Crippen LogP contribution in [0.4, 0.5) is 0 Å². The van der Waals surface area contributed by atoms with Gasteiger partial charge in [-0.15, -0.1) is 11.3 Å². The number of likely N-dealkylation sites (N-methyl/N-ethyl adjacent to an activating group) is 1. The van der Waals surface area contributed by atoms with E-state index in [1.54, 1.807) is 32.2 Å².